The summed E-state index contributed by atoms with van der Waals surface area (Å²) in [6, 6.07) is 6.96. The lowest BCUT2D eigenvalue weighted by atomic mass is 10.1. The number of amides is 1. The number of carboxylic acid groups (broad SMARTS) is 1. The van der Waals surface area contributed by atoms with E-state index >= 15 is 0 Å². The molecule has 7 nitrogen and oxygen atoms in total. The smallest absolute Gasteiger partial charge is 0.327 e. The van der Waals surface area contributed by atoms with Crippen molar-refractivity contribution in [3.05, 3.63) is 41.0 Å². The zero-order valence-electron chi connectivity index (χ0n) is 10.3. The van der Waals surface area contributed by atoms with E-state index in [1.165, 1.54) is 6.20 Å². The van der Waals surface area contributed by atoms with Crippen LogP contribution >= 0.6 is 11.6 Å². The summed E-state index contributed by atoms with van der Waals surface area (Å²) in [5, 5.41) is 19.2. The number of nitrogens with one attached hydrogen (secondary N) is 1. The Bertz CT molecular complexity index is 641. The molecule has 0 aliphatic heterocycles. The van der Waals surface area contributed by atoms with E-state index in [1.54, 1.807) is 24.3 Å². The van der Waals surface area contributed by atoms with Gasteiger partial charge in [0.2, 0.25) is 5.91 Å². The van der Waals surface area contributed by atoms with Gasteiger partial charge in [0.05, 0.1) is 12.6 Å². The Labute approximate surface area is 119 Å². The maximum absolute atomic E-state index is 11.8. The standard InChI is InChI=1S/C12H11ClN4O3/c13-9-3-1-2-8(4-9)5-11(18)15-10-6-14-17(16-10)7-12(19)20/h1-4,6H,5,7H2,(H,19,20)(H,15,16,18). The Morgan fingerprint density at radius 1 is 1.40 bits per heavy atom. The monoisotopic (exact) mass is 294 g/mol. The molecule has 0 fully saturated rings. The Balaban J connectivity index is 1.94. The van der Waals surface area contributed by atoms with Crippen molar-refractivity contribution >= 4 is 29.3 Å². The molecule has 1 aromatic heterocycles. The van der Waals surface area contributed by atoms with Crippen molar-refractivity contribution in [2.45, 2.75) is 13.0 Å². The minimum atomic E-state index is -1.06. The van der Waals surface area contributed by atoms with Crippen LogP contribution in [0.3, 0.4) is 0 Å². The lowest BCUT2D eigenvalue weighted by Crippen LogP contribution is -2.16. The van der Waals surface area contributed by atoms with E-state index in [1.807, 2.05) is 0 Å². The van der Waals surface area contributed by atoms with Crippen LogP contribution < -0.4 is 5.32 Å². The molecule has 2 aromatic rings. The van der Waals surface area contributed by atoms with Crippen LogP contribution in [0.15, 0.2) is 30.5 Å². The third kappa shape index (κ3) is 4.06. The number of carboxylic acids is 1. The molecule has 8 heteroatoms. The first-order chi connectivity index (χ1) is 9.52. The number of rotatable bonds is 5. The highest BCUT2D eigenvalue weighted by atomic mass is 35.5. The number of aliphatic carboxylic acids is 1. The zero-order valence-corrected chi connectivity index (χ0v) is 11.0. The van der Waals surface area contributed by atoms with Crippen molar-refractivity contribution in [1.82, 2.24) is 15.0 Å². The van der Waals surface area contributed by atoms with Crippen molar-refractivity contribution in [2.24, 2.45) is 0 Å². The SMILES string of the molecule is O=C(O)Cn1ncc(NC(=O)Cc2cccc(Cl)c2)n1. The molecule has 1 heterocycles. The van der Waals surface area contributed by atoms with E-state index in [-0.39, 0.29) is 24.7 Å². The van der Waals surface area contributed by atoms with E-state index in [9.17, 15) is 9.59 Å². The second kappa shape index (κ2) is 6.16. The van der Waals surface area contributed by atoms with E-state index in [4.69, 9.17) is 16.7 Å². The van der Waals surface area contributed by atoms with Crippen LogP contribution in [0.2, 0.25) is 5.02 Å². The van der Waals surface area contributed by atoms with Gasteiger partial charge in [-0.2, -0.15) is 9.90 Å². The first-order valence-corrected chi connectivity index (χ1v) is 6.07. The number of carbonyl (C=O) groups is 2. The molecule has 20 heavy (non-hydrogen) atoms. The van der Waals surface area contributed by atoms with Crippen LogP contribution in [0.5, 0.6) is 0 Å². The molecule has 104 valence electrons. The average molecular weight is 295 g/mol. The van der Waals surface area contributed by atoms with Crippen LogP contribution in [0, 0.1) is 0 Å². The molecule has 0 spiro atoms. The Kier molecular flexibility index (Phi) is 4.31. The predicted molar refractivity (Wildman–Crippen MR) is 71.4 cm³/mol. The molecule has 2 N–H and O–H groups in total. The van der Waals surface area contributed by atoms with Gasteiger partial charge in [-0.25, -0.2) is 0 Å². The fourth-order valence-electron chi connectivity index (χ4n) is 1.57. The van der Waals surface area contributed by atoms with Gasteiger partial charge in [-0.1, -0.05) is 23.7 Å². The molecule has 1 aromatic carbocycles. The number of carbonyl (C=O) groups excluding carboxylic acids is 1. The number of halogens is 1. The third-order valence-corrected chi connectivity index (χ3v) is 2.57. The molecule has 0 saturated carbocycles. The number of nitrogens with zero attached hydrogens (tertiary/aromatic N) is 3. The van der Waals surface area contributed by atoms with Crippen LogP contribution in [0.4, 0.5) is 5.82 Å². The maximum atomic E-state index is 11.8. The minimum Gasteiger partial charge on any atom is -0.480 e. The lowest BCUT2D eigenvalue weighted by Gasteiger charge is -2.02. The molecule has 0 atom stereocenters. The molecular weight excluding hydrogens is 284 g/mol. The number of benzene rings is 1. The van der Waals surface area contributed by atoms with E-state index in [0.717, 1.165) is 10.4 Å². The topological polar surface area (TPSA) is 97.1 Å². The molecule has 2 rings (SSSR count). The first-order valence-electron chi connectivity index (χ1n) is 5.69. The summed E-state index contributed by atoms with van der Waals surface area (Å²) in [6.07, 6.45) is 1.44. The van der Waals surface area contributed by atoms with Gasteiger partial charge in [0.25, 0.3) is 0 Å². The Hall–Kier alpha value is -2.41. The summed E-state index contributed by atoms with van der Waals surface area (Å²) >= 11 is 5.83. The van der Waals surface area contributed by atoms with Crippen molar-refractivity contribution in [3.8, 4) is 0 Å². The largest absolute Gasteiger partial charge is 0.480 e. The number of aromatic nitrogens is 3. The summed E-state index contributed by atoms with van der Waals surface area (Å²) < 4.78 is 0. The van der Waals surface area contributed by atoms with E-state index in [2.05, 4.69) is 15.5 Å². The lowest BCUT2D eigenvalue weighted by molar-refractivity contribution is -0.138. The van der Waals surface area contributed by atoms with Gasteiger partial charge in [-0.15, -0.1) is 5.10 Å². The van der Waals surface area contributed by atoms with Gasteiger partial charge < -0.3 is 10.4 Å². The summed E-state index contributed by atoms with van der Waals surface area (Å²) in [5.41, 5.74) is 0.771. The number of hydrogen-bond acceptors (Lipinski definition) is 4. The van der Waals surface area contributed by atoms with E-state index in [0.29, 0.717) is 5.02 Å². The summed E-state index contributed by atoms with van der Waals surface area (Å²) in [5.74, 6) is -1.13. The molecule has 0 aliphatic carbocycles. The van der Waals surface area contributed by atoms with Gasteiger partial charge in [0.15, 0.2) is 12.4 Å². The van der Waals surface area contributed by atoms with Gasteiger partial charge in [-0.3, -0.25) is 9.59 Å². The Morgan fingerprint density at radius 3 is 2.90 bits per heavy atom. The van der Waals surface area contributed by atoms with Crippen molar-refractivity contribution in [2.75, 3.05) is 5.32 Å². The highest BCUT2D eigenvalue weighted by molar-refractivity contribution is 6.30. The summed E-state index contributed by atoms with van der Waals surface area (Å²) in [7, 11) is 0. The number of hydrogen-bond donors (Lipinski definition) is 2. The van der Waals surface area contributed by atoms with Crippen molar-refractivity contribution in [1.29, 1.82) is 0 Å². The van der Waals surface area contributed by atoms with Crippen LogP contribution in [-0.2, 0) is 22.6 Å². The fraction of sp³-hybridized carbons (Fsp3) is 0.167. The number of anilines is 1. The molecule has 0 radical (unpaired) electrons. The normalized spacial score (nSPS) is 10.2. The predicted octanol–water partition coefficient (Wildman–Crippen LogP) is 1.20. The highest BCUT2D eigenvalue weighted by Gasteiger charge is 2.08. The maximum Gasteiger partial charge on any atom is 0.327 e. The molecule has 0 bridgehead atoms. The molecule has 0 saturated heterocycles. The second-order valence-electron chi connectivity index (χ2n) is 4.01. The Morgan fingerprint density at radius 2 is 2.20 bits per heavy atom. The van der Waals surface area contributed by atoms with Crippen LogP contribution in [0.1, 0.15) is 5.56 Å². The summed E-state index contributed by atoms with van der Waals surface area (Å²) in [4.78, 5) is 23.2. The van der Waals surface area contributed by atoms with Gasteiger partial charge >= 0.3 is 5.97 Å². The third-order valence-electron chi connectivity index (χ3n) is 2.33. The van der Waals surface area contributed by atoms with E-state index < -0.39 is 5.97 Å². The molecular formula is C12H11ClN4O3. The molecule has 1 amide bonds. The van der Waals surface area contributed by atoms with Gasteiger partial charge in [0, 0.05) is 5.02 Å². The van der Waals surface area contributed by atoms with Crippen molar-refractivity contribution in [3.63, 3.8) is 0 Å². The van der Waals surface area contributed by atoms with Crippen molar-refractivity contribution < 1.29 is 14.7 Å². The van der Waals surface area contributed by atoms with Gasteiger partial charge in [0.1, 0.15) is 0 Å². The zero-order chi connectivity index (χ0) is 14.5. The van der Waals surface area contributed by atoms with Crippen LogP contribution in [0.25, 0.3) is 0 Å². The average Bonchev–Trinajstić information content (AvgIpc) is 2.75. The first kappa shape index (κ1) is 14.0. The van der Waals surface area contributed by atoms with Crippen LogP contribution in [-0.4, -0.2) is 32.0 Å². The summed E-state index contributed by atoms with van der Waals surface area (Å²) in [6.45, 7) is -0.357. The quantitative estimate of drug-likeness (QED) is 0.863. The van der Waals surface area contributed by atoms with Gasteiger partial charge in [-0.05, 0) is 17.7 Å². The molecule has 0 unspecified atom stereocenters. The molecule has 0 aliphatic rings. The second-order valence-corrected chi connectivity index (χ2v) is 4.45. The highest BCUT2D eigenvalue weighted by Crippen LogP contribution is 2.11. The fourth-order valence-corrected chi connectivity index (χ4v) is 1.78. The minimum absolute atomic E-state index is 0.145.